The van der Waals surface area contributed by atoms with Gasteiger partial charge in [-0.2, -0.15) is 10.2 Å². The zero-order valence-corrected chi connectivity index (χ0v) is 9.76. The van der Waals surface area contributed by atoms with Crippen LogP contribution in [0.25, 0.3) is 0 Å². The number of anilines is 2. The minimum atomic E-state index is -0.374. The van der Waals surface area contributed by atoms with Crippen molar-refractivity contribution in [2.75, 3.05) is 36.5 Å². The molecular formula is C11H15N5O. The van der Waals surface area contributed by atoms with E-state index in [1.807, 2.05) is 17.9 Å². The van der Waals surface area contributed by atoms with Crippen LogP contribution >= 0.6 is 0 Å². The maximum Gasteiger partial charge on any atom is 0.224 e. The summed E-state index contributed by atoms with van der Waals surface area (Å²) in [6, 6.07) is 3.97. The van der Waals surface area contributed by atoms with Crippen LogP contribution in [-0.2, 0) is 4.74 Å². The van der Waals surface area contributed by atoms with Crippen LogP contribution in [0.5, 0.6) is 0 Å². The molecule has 90 valence electrons. The molecule has 17 heavy (non-hydrogen) atoms. The number of nitrogens with zero attached hydrogens (tertiary/aromatic N) is 4. The third-order valence-electron chi connectivity index (χ3n) is 2.51. The molecule has 1 atom stereocenters. The topological polar surface area (TPSA) is 74.1 Å². The van der Waals surface area contributed by atoms with Gasteiger partial charge in [0.1, 0.15) is 5.82 Å². The van der Waals surface area contributed by atoms with Crippen LogP contribution < -0.4 is 10.2 Å². The first kappa shape index (κ1) is 11.6. The minimum Gasteiger partial charge on any atom is -0.360 e. The third-order valence-corrected chi connectivity index (χ3v) is 2.51. The lowest BCUT2D eigenvalue weighted by Crippen LogP contribution is -2.42. The first-order valence-corrected chi connectivity index (χ1v) is 5.66. The summed E-state index contributed by atoms with van der Waals surface area (Å²) in [6.07, 6.45) is 1.35. The van der Waals surface area contributed by atoms with E-state index in [1.165, 1.54) is 0 Å². The maximum atomic E-state index is 8.85. The van der Waals surface area contributed by atoms with Gasteiger partial charge in [0.2, 0.25) is 5.95 Å². The fourth-order valence-electron chi connectivity index (χ4n) is 1.70. The van der Waals surface area contributed by atoms with Crippen LogP contribution in [0.15, 0.2) is 12.3 Å². The highest BCUT2D eigenvalue weighted by Crippen LogP contribution is 2.15. The molecule has 1 aromatic heterocycles. The third kappa shape index (κ3) is 2.82. The Morgan fingerprint density at radius 2 is 2.59 bits per heavy atom. The molecule has 1 saturated heterocycles. The average Bonchev–Trinajstić information content (AvgIpc) is 2.40. The number of aromatic nitrogens is 2. The highest BCUT2D eigenvalue weighted by Gasteiger charge is 2.21. The number of morpholine rings is 1. The Balaban J connectivity index is 2.10. The van der Waals surface area contributed by atoms with E-state index in [9.17, 15) is 0 Å². The second-order valence-electron chi connectivity index (χ2n) is 3.70. The average molecular weight is 233 g/mol. The molecule has 2 rings (SSSR count). The zero-order chi connectivity index (χ0) is 12.1. The second-order valence-corrected chi connectivity index (χ2v) is 3.70. The predicted octanol–water partition coefficient (Wildman–Crippen LogP) is 0.637. The summed E-state index contributed by atoms with van der Waals surface area (Å²) in [5, 5.41) is 11.9. The monoisotopic (exact) mass is 233 g/mol. The van der Waals surface area contributed by atoms with E-state index in [4.69, 9.17) is 10.00 Å². The Labute approximate surface area is 100 Å². The lowest BCUT2D eigenvalue weighted by atomic mass is 10.3. The van der Waals surface area contributed by atoms with Crippen LogP contribution in [0.3, 0.4) is 0 Å². The zero-order valence-electron chi connectivity index (χ0n) is 9.76. The molecule has 0 radical (unpaired) electrons. The van der Waals surface area contributed by atoms with Gasteiger partial charge in [-0.05, 0) is 13.0 Å². The van der Waals surface area contributed by atoms with Crippen molar-refractivity contribution in [2.24, 2.45) is 0 Å². The molecule has 0 amide bonds. The lowest BCUT2D eigenvalue weighted by Gasteiger charge is -2.30. The normalized spacial score (nSPS) is 19.8. The van der Waals surface area contributed by atoms with Crippen molar-refractivity contribution in [2.45, 2.75) is 13.0 Å². The van der Waals surface area contributed by atoms with Gasteiger partial charge < -0.3 is 15.0 Å². The summed E-state index contributed by atoms with van der Waals surface area (Å²) >= 11 is 0. The SMILES string of the molecule is CCNc1nccc(N2CCOC(C#N)C2)n1. The maximum absolute atomic E-state index is 8.85. The van der Waals surface area contributed by atoms with Gasteiger partial charge in [0.25, 0.3) is 0 Å². The van der Waals surface area contributed by atoms with Crippen LogP contribution in [-0.4, -0.2) is 42.3 Å². The molecule has 0 aliphatic carbocycles. The molecule has 0 aromatic carbocycles. The van der Waals surface area contributed by atoms with Crippen molar-refractivity contribution in [3.05, 3.63) is 12.3 Å². The number of ether oxygens (including phenoxy) is 1. The van der Waals surface area contributed by atoms with Gasteiger partial charge in [0.05, 0.1) is 19.2 Å². The van der Waals surface area contributed by atoms with Gasteiger partial charge >= 0.3 is 0 Å². The molecule has 0 spiro atoms. The highest BCUT2D eigenvalue weighted by atomic mass is 16.5. The minimum absolute atomic E-state index is 0.374. The fourth-order valence-corrected chi connectivity index (χ4v) is 1.70. The number of hydrogen-bond donors (Lipinski definition) is 1. The first-order chi connectivity index (χ1) is 8.33. The Morgan fingerprint density at radius 3 is 3.35 bits per heavy atom. The molecule has 2 heterocycles. The summed E-state index contributed by atoms with van der Waals surface area (Å²) in [5.41, 5.74) is 0. The molecule has 1 unspecified atom stereocenters. The summed E-state index contributed by atoms with van der Waals surface area (Å²) in [4.78, 5) is 10.6. The fraction of sp³-hybridized carbons (Fsp3) is 0.545. The number of hydrogen-bond acceptors (Lipinski definition) is 6. The van der Waals surface area contributed by atoms with Crippen molar-refractivity contribution >= 4 is 11.8 Å². The van der Waals surface area contributed by atoms with Crippen molar-refractivity contribution in [3.63, 3.8) is 0 Å². The molecular weight excluding hydrogens is 218 g/mol. The highest BCUT2D eigenvalue weighted by molar-refractivity contribution is 5.43. The number of nitriles is 1. The van der Waals surface area contributed by atoms with E-state index in [0.29, 0.717) is 19.1 Å². The van der Waals surface area contributed by atoms with Crippen LogP contribution in [0.2, 0.25) is 0 Å². The van der Waals surface area contributed by atoms with E-state index in [1.54, 1.807) is 6.20 Å². The quantitative estimate of drug-likeness (QED) is 0.825. The summed E-state index contributed by atoms with van der Waals surface area (Å²) in [7, 11) is 0. The van der Waals surface area contributed by atoms with Gasteiger partial charge in [-0.3, -0.25) is 0 Å². The molecule has 6 nitrogen and oxygen atoms in total. The smallest absolute Gasteiger partial charge is 0.224 e. The van der Waals surface area contributed by atoms with Crippen molar-refractivity contribution in [1.29, 1.82) is 5.26 Å². The largest absolute Gasteiger partial charge is 0.360 e. The molecule has 1 fully saturated rings. The second kappa shape index (κ2) is 5.46. The van der Waals surface area contributed by atoms with Gasteiger partial charge in [-0.1, -0.05) is 0 Å². The van der Waals surface area contributed by atoms with Crippen molar-refractivity contribution in [1.82, 2.24) is 9.97 Å². The Hall–Kier alpha value is -1.87. The molecule has 1 aliphatic rings. The van der Waals surface area contributed by atoms with Gasteiger partial charge in [0.15, 0.2) is 6.10 Å². The Kier molecular flexibility index (Phi) is 3.73. The van der Waals surface area contributed by atoms with E-state index >= 15 is 0 Å². The molecule has 6 heteroatoms. The van der Waals surface area contributed by atoms with Crippen molar-refractivity contribution in [3.8, 4) is 6.07 Å². The summed E-state index contributed by atoms with van der Waals surface area (Å²) < 4.78 is 5.29. The summed E-state index contributed by atoms with van der Waals surface area (Å²) in [6.45, 7) is 4.64. The molecule has 0 bridgehead atoms. The van der Waals surface area contributed by atoms with Crippen molar-refractivity contribution < 1.29 is 4.74 Å². The molecule has 1 aliphatic heterocycles. The first-order valence-electron chi connectivity index (χ1n) is 5.66. The standard InChI is InChI=1S/C11H15N5O/c1-2-13-11-14-4-3-10(15-11)16-5-6-17-9(7-12)8-16/h3-4,9H,2,5-6,8H2,1H3,(H,13,14,15). The van der Waals surface area contributed by atoms with E-state index in [-0.39, 0.29) is 6.10 Å². The number of nitrogens with one attached hydrogen (secondary N) is 1. The Bertz CT molecular complexity index is 417. The lowest BCUT2D eigenvalue weighted by molar-refractivity contribution is 0.0761. The van der Waals surface area contributed by atoms with Crippen LogP contribution in [0.4, 0.5) is 11.8 Å². The van der Waals surface area contributed by atoms with E-state index < -0.39 is 0 Å². The van der Waals surface area contributed by atoms with E-state index in [2.05, 4.69) is 21.4 Å². The summed E-state index contributed by atoms with van der Waals surface area (Å²) in [5.74, 6) is 1.45. The molecule has 1 aromatic rings. The van der Waals surface area contributed by atoms with Crippen LogP contribution in [0, 0.1) is 11.3 Å². The molecule has 1 N–H and O–H groups in total. The predicted molar refractivity (Wildman–Crippen MR) is 63.8 cm³/mol. The van der Waals surface area contributed by atoms with Gasteiger partial charge in [-0.25, -0.2) is 4.98 Å². The molecule has 0 saturated carbocycles. The van der Waals surface area contributed by atoms with Crippen LogP contribution in [0.1, 0.15) is 6.92 Å². The Morgan fingerprint density at radius 1 is 1.71 bits per heavy atom. The van der Waals surface area contributed by atoms with E-state index in [0.717, 1.165) is 18.9 Å². The van der Waals surface area contributed by atoms with Gasteiger partial charge in [-0.15, -0.1) is 0 Å². The number of rotatable bonds is 3. The van der Waals surface area contributed by atoms with Gasteiger partial charge in [0, 0.05) is 19.3 Å².